The van der Waals surface area contributed by atoms with Crippen molar-refractivity contribution in [1.82, 2.24) is 0 Å². The lowest BCUT2D eigenvalue weighted by Crippen LogP contribution is -2.13. The smallest absolute Gasteiger partial charge is 0.306 e. The van der Waals surface area contributed by atoms with Crippen molar-refractivity contribution in [1.29, 1.82) is 0 Å². The molecule has 0 saturated carbocycles. The van der Waals surface area contributed by atoms with E-state index in [0.29, 0.717) is 27.5 Å². The Morgan fingerprint density at radius 3 is 2.14 bits per heavy atom. The van der Waals surface area contributed by atoms with Gasteiger partial charge in [-0.3, -0.25) is 19.2 Å². The second-order valence-corrected chi connectivity index (χ2v) is 11.8. The molecule has 0 aliphatic rings. The van der Waals surface area contributed by atoms with Crippen LogP contribution in [0.5, 0.6) is 23.0 Å². The molecule has 2 N–H and O–H groups in total. The van der Waals surface area contributed by atoms with Crippen LogP contribution in [0.1, 0.15) is 52.0 Å². The number of Topliss-reactive ketones (excluding diaryl/α,β-unsaturated/α-hetero) is 2. The molecule has 0 spiro atoms. The van der Waals surface area contributed by atoms with E-state index in [4.69, 9.17) is 29.2 Å². The monoisotopic (exact) mass is 632 g/mol. The number of methoxy groups -OCH3 is 2. The Kier molecular flexibility index (Phi) is 10.2. The van der Waals surface area contributed by atoms with Gasteiger partial charge in [-0.15, -0.1) is 22.7 Å². The summed E-state index contributed by atoms with van der Waals surface area (Å²) in [5, 5.41) is 18.9. The van der Waals surface area contributed by atoms with Gasteiger partial charge in [-0.2, -0.15) is 0 Å². The number of halogens is 1. The van der Waals surface area contributed by atoms with Crippen molar-refractivity contribution in [2.45, 2.75) is 32.6 Å². The van der Waals surface area contributed by atoms with Crippen LogP contribution in [0.2, 0.25) is 0 Å². The van der Waals surface area contributed by atoms with Crippen molar-refractivity contribution >= 4 is 66.4 Å². The Bertz CT molecular complexity index is 1690. The normalized spacial score (nSPS) is 11.8. The Hall–Kier alpha value is -4.23. The summed E-state index contributed by atoms with van der Waals surface area (Å²) in [5.41, 5.74) is 0. The van der Waals surface area contributed by atoms with E-state index >= 15 is 4.39 Å². The van der Waals surface area contributed by atoms with Crippen LogP contribution in [0.15, 0.2) is 30.3 Å². The zero-order valence-electron chi connectivity index (χ0n) is 23.6. The van der Waals surface area contributed by atoms with E-state index in [1.54, 1.807) is 24.3 Å². The summed E-state index contributed by atoms with van der Waals surface area (Å²) >= 11 is 2.31. The molecule has 43 heavy (non-hydrogen) atoms. The Morgan fingerprint density at radius 1 is 0.814 bits per heavy atom. The van der Waals surface area contributed by atoms with Crippen LogP contribution in [0.4, 0.5) is 4.39 Å². The van der Waals surface area contributed by atoms with E-state index in [-0.39, 0.29) is 65.8 Å². The molecule has 1 atom stereocenters. The SMILES string of the molecule is COc1cc2sc(C(=O)CCC(=O)O)cc2cc1OCCCOc1c(OC)cc2sc(C(=O)CC(C)C(=O)O)cc2c1F. The van der Waals surface area contributed by atoms with Gasteiger partial charge in [0.15, 0.2) is 40.4 Å². The van der Waals surface area contributed by atoms with E-state index in [1.807, 2.05) is 0 Å². The number of benzene rings is 2. The molecule has 4 rings (SSSR count). The fourth-order valence-electron chi connectivity index (χ4n) is 4.20. The number of carboxylic acid groups (broad SMARTS) is 2. The molecule has 0 radical (unpaired) electrons. The van der Waals surface area contributed by atoms with Crippen LogP contribution < -0.4 is 18.9 Å². The second kappa shape index (κ2) is 13.8. The van der Waals surface area contributed by atoms with E-state index in [1.165, 1.54) is 38.5 Å². The minimum Gasteiger partial charge on any atom is -0.493 e. The van der Waals surface area contributed by atoms with Gasteiger partial charge >= 0.3 is 11.9 Å². The van der Waals surface area contributed by atoms with Crippen molar-refractivity contribution in [2.75, 3.05) is 27.4 Å². The van der Waals surface area contributed by atoms with Crippen LogP contribution in [-0.2, 0) is 9.59 Å². The molecular formula is C30H29FO10S2. The van der Waals surface area contributed by atoms with Gasteiger partial charge in [0, 0.05) is 46.2 Å². The van der Waals surface area contributed by atoms with E-state index in [2.05, 4.69) is 0 Å². The minimum atomic E-state index is -1.08. The number of ketones is 2. The molecule has 2 heterocycles. The van der Waals surface area contributed by atoms with Gasteiger partial charge in [-0.25, -0.2) is 4.39 Å². The molecule has 2 aromatic heterocycles. The van der Waals surface area contributed by atoms with Crippen molar-refractivity contribution in [2.24, 2.45) is 5.92 Å². The summed E-state index contributed by atoms with van der Waals surface area (Å²) < 4.78 is 39.1. The summed E-state index contributed by atoms with van der Waals surface area (Å²) in [4.78, 5) is 47.5. The molecule has 228 valence electrons. The number of carbonyl (C=O) groups excluding carboxylic acids is 2. The van der Waals surface area contributed by atoms with E-state index in [0.717, 1.165) is 21.4 Å². The second-order valence-electron chi connectivity index (χ2n) is 9.63. The maximum absolute atomic E-state index is 15.4. The molecule has 10 nitrogen and oxygen atoms in total. The summed E-state index contributed by atoms with van der Waals surface area (Å²) in [6.07, 6.45) is -0.150. The molecule has 0 aliphatic heterocycles. The zero-order chi connectivity index (χ0) is 31.3. The Morgan fingerprint density at radius 2 is 1.47 bits per heavy atom. The minimum absolute atomic E-state index is 0.0794. The Labute approximate surface area is 253 Å². The van der Waals surface area contributed by atoms with Crippen LogP contribution in [0, 0.1) is 11.7 Å². The maximum atomic E-state index is 15.4. The molecule has 4 aromatic rings. The number of ether oxygens (including phenoxy) is 4. The molecule has 0 bridgehead atoms. The van der Waals surface area contributed by atoms with Crippen molar-refractivity contribution in [3.8, 4) is 23.0 Å². The van der Waals surface area contributed by atoms with Crippen LogP contribution in [0.25, 0.3) is 20.2 Å². The maximum Gasteiger partial charge on any atom is 0.306 e. The standard InChI is InChI=1S/C30H29FO10S2/c1-15(30(36)37)9-19(33)26-12-17-24(43-26)14-22(39-3)29(28(17)31)41-8-4-7-40-21-10-16-11-25(18(32)5-6-27(34)35)42-23(16)13-20(21)38-2/h10-15H,4-9H2,1-3H3,(H,34,35)(H,36,37). The molecule has 13 heteroatoms. The largest absolute Gasteiger partial charge is 0.493 e. The van der Waals surface area contributed by atoms with Gasteiger partial charge < -0.3 is 29.2 Å². The number of carboxylic acids is 2. The topological polar surface area (TPSA) is 146 Å². The van der Waals surface area contributed by atoms with E-state index < -0.39 is 23.7 Å². The highest BCUT2D eigenvalue weighted by molar-refractivity contribution is 7.21. The third kappa shape index (κ3) is 7.41. The number of hydrogen-bond donors (Lipinski definition) is 2. The summed E-state index contributed by atoms with van der Waals surface area (Å²) in [6.45, 7) is 1.71. The van der Waals surface area contributed by atoms with Gasteiger partial charge in [-0.05, 0) is 23.6 Å². The average Bonchev–Trinajstić information content (AvgIpc) is 3.60. The molecule has 1 unspecified atom stereocenters. The van der Waals surface area contributed by atoms with Crippen LogP contribution >= 0.6 is 22.7 Å². The number of hydrogen-bond acceptors (Lipinski definition) is 10. The van der Waals surface area contributed by atoms with Gasteiger partial charge in [0.2, 0.25) is 0 Å². The fraction of sp³-hybridized carbons (Fsp3) is 0.333. The average molecular weight is 633 g/mol. The van der Waals surface area contributed by atoms with Crippen molar-refractivity contribution < 1.29 is 52.7 Å². The van der Waals surface area contributed by atoms with Gasteiger partial charge in [-0.1, -0.05) is 6.92 Å². The molecule has 0 fully saturated rings. The summed E-state index contributed by atoms with van der Waals surface area (Å²) in [6, 6.07) is 8.16. The first-order valence-corrected chi connectivity index (χ1v) is 14.8. The predicted molar refractivity (Wildman–Crippen MR) is 159 cm³/mol. The lowest BCUT2D eigenvalue weighted by atomic mass is 10.0. The van der Waals surface area contributed by atoms with Gasteiger partial charge in [0.05, 0.1) is 49.5 Å². The highest BCUT2D eigenvalue weighted by Gasteiger charge is 2.23. The zero-order valence-corrected chi connectivity index (χ0v) is 25.2. The highest BCUT2D eigenvalue weighted by atomic mass is 32.1. The third-order valence-corrected chi connectivity index (χ3v) is 8.79. The first-order valence-electron chi connectivity index (χ1n) is 13.2. The van der Waals surface area contributed by atoms with Gasteiger partial charge in [0.1, 0.15) is 0 Å². The quantitative estimate of drug-likeness (QED) is 0.104. The van der Waals surface area contributed by atoms with Crippen molar-refractivity contribution in [3.05, 3.63) is 45.9 Å². The lowest BCUT2D eigenvalue weighted by molar-refractivity contribution is -0.141. The molecular weight excluding hydrogens is 603 g/mol. The summed E-state index contributed by atoms with van der Waals surface area (Å²) in [5.74, 6) is -3.34. The first-order chi connectivity index (χ1) is 20.5. The highest BCUT2D eigenvalue weighted by Crippen LogP contribution is 2.41. The first kappa shape index (κ1) is 31.7. The number of thiophene rings is 2. The summed E-state index contributed by atoms with van der Waals surface area (Å²) in [7, 11) is 2.87. The molecule has 0 aliphatic carbocycles. The van der Waals surface area contributed by atoms with Crippen molar-refractivity contribution in [3.63, 3.8) is 0 Å². The van der Waals surface area contributed by atoms with Crippen LogP contribution in [-0.4, -0.2) is 61.2 Å². The third-order valence-electron chi connectivity index (χ3n) is 6.53. The predicted octanol–water partition coefficient (Wildman–Crippen LogP) is 6.46. The number of fused-ring (bicyclic) bond motifs is 2. The fourth-order valence-corrected chi connectivity index (χ4v) is 6.28. The lowest BCUT2D eigenvalue weighted by Gasteiger charge is -2.13. The van der Waals surface area contributed by atoms with Gasteiger partial charge in [0.25, 0.3) is 0 Å². The Balaban J connectivity index is 1.41. The molecule has 2 aromatic carbocycles. The molecule has 0 amide bonds. The van der Waals surface area contributed by atoms with Crippen LogP contribution in [0.3, 0.4) is 0 Å². The number of aliphatic carboxylic acids is 2. The number of carbonyl (C=O) groups is 4. The number of rotatable bonds is 16. The van der Waals surface area contributed by atoms with E-state index in [9.17, 15) is 19.2 Å². The molecule has 0 saturated heterocycles.